The Morgan fingerprint density at radius 2 is 2.26 bits per heavy atom. The third-order valence-corrected chi connectivity index (χ3v) is 2.89. The molecular weight excluding hydrogens is 252 g/mol. The molecule has 0 bridgehead atoms. The van der Waals surface area contributed by atoms with Crippen LogP contribution in [0.1, 0.15) is 27.2 Å². The van der Waals surface area contributed by atoms with Crippen LogP contribution < -0.4 is 0 Å². The van der Waals surface area contributed by atoms with E-state index in [-0.39, 0.29) is 26.1 Å². The predicted molar refractivity (Wildman–Crippen MR) is 67.4 cm³/mol. The number of hydrogen-bond donors (Lipinski definition) is 2. The SMILES string of the molecule is CC(C)(C)OC(=O)N1CCC(O)(CN=[N+]=[N-])C(O)C1. The lowest BCUT2D eigenvalue weighted by atomic mass is 9.89. The van der Waals surface area contributed by atoms with Crippen molar-refractivity contribution in [3.8, 4) is 0 Å². The van der Waals surface area contributed by atoms with Crippen LogP contribution in [0, 0.1) is 0 Å². The van der Waals surface area contributed by atoms with Crippen LogP contribution in [-0.4, -0.2) is 58.1 Å². The maximum Gasteiger partial charge on any atom is 0.410 e. The van der Waals surface area contributed by atoms with E-state index >= 15 is 0 Å². The van der Waals surface area contributed by atoms with Gasteiger partial charge in [0.1, 0.15) is 11.7 Å². The number of hydrogen-bond acceptors (Lipinski definition) is 5. The van der Waals surface area contributed by atoms with E-state index in [1.54, 1.807) is 20.8 Å². The maximum absolute atomic E-state index is 11.8. The van der Waals surface area contributed by atoms with Crippen LogP contribution in [0.15, 0.2) is 5.11 Å². The summed E-state index contributed by atoms with van der Waals surface area (Å²) in [6.45, 7) is 5.23. The fourth-order valence-electron chi connectivity index (χ4n) is 1.80. The third-order valence-electron chi connectivity index (χ3n) is 2.89. The molecule has 1 amide bonds. The van der Waals surface area contributed by atoms with E-state index in [1.807, 2.05) is 0 Å². The summed E-state index contributed by atoms with van der Waals surface area (Å²) in [6.07, 6.45) is -1.57. The maximum atomic E-state index is 11.8. The zero-order valence-electron chi connectivity index (χ0n) is 11.4. The van der Waals surface area contributed by atoms with E-state index in [1.165, 1.54) is 4.90 Å². The summed E-state index contributed by atoms with van der Waals surface area (Å²) in [5.74, 6) is 0. The Bertz CT molecular complexity index is 389. The summed E-state index contributed by atoms with van der Waals surface area (Å²) in [5, 5.41) is 23.3. The summed E-state index contributed by atoms with van der Waals surface area (Å²) in [6, 6.07) is 0. The topological polar surface area (TPSA) is 119 Å². The summed E-state index contributed by atoms with van der Waals surface area (Å²) < 4.78 is 5.19. The number of aliphatic hydroxyl groups excluding tert-OH is 1. The highest BCUT2D eigenvalue weighted by molar-refractivity contribution is 5.68. The Morgan fingerprint density at radius 3 is 2.74 bits per heavy atom. The predicted octanol–water partition coefficient (Wildman–Crippen LogP) is 1.03. The largest absolute Gasteiger partial charge is 0.444 e. The molecule has 0 spiro atoms. The van der Waals surface area contributed by atoms with Crippen molar-refractivity contribution in [3.05, 3.63) is 10.4 Å². The smallest absolute Gasteiger partial charge is 0.410 e. The third kappa shape index (κ3) is 4.27. The first-order chi connectivity index (χ1) is 8.68. The summed E-state index contributed by atoms with van der Waals surface area (Å²) in [7, 11) is 0. The van der Waals surface area contributed by atoms with Crippen molar-refractivity contribution in [2.75, 3.05) is 19.6 Å². The van der Waals surface area contributed by atoms with Crippen molar-refractivity contribution in [1.29, 1.82) is 0 Å². The summed E-state index contributed by atoms with van der Waals surface area (Å²) in [4.78, 5) is 15.7. The van der Waals surface area contributed by atoms with Gasteiger partial charge in [-0.3, -0.25) is 0 Å². The van der Waals surface area contributed by atoms with Crippen LogP contribution in [0.2, 0.25) is 0 Å². The van der Waals surface area contributed by atoms with Crippen molar-refractivity contribution in [3.63, 3.8) is 0 Å². The first-order valence-electron chi connectivity index (χ1n) is 6.07. The van der Waals surface area contributed by atoms with E-state index in [9.17, 15) is 15.0 Å². The van der Waals surface area contributed by atoms with Gasteiger partial charge >= 0.3 is 6.09 Å². The number of rotatable bonds is 2. The number of piperidine rings is 1. The molecule has 1 aliphatic heterocycles. The van der Waals surface area contributed by atoms with Gasteiger partial charge in [0.05, 0.1) is 18.7 Å². The van der Waals surface area contributed by atoms with Gasteiger partial charge < -0.3 is 19.8 Å². The number of aliphatic hydroxyl groups is 2. The van der Waals surface area contributed by atoms with Gasteiger partial charge in [-0.2, -0.15) is 0 Å². The molecule has 8 nitrogen and oxygen atoms in total. The van der Waals surface area contributed by atoms with E-state index in [4.69, 9.17) is 10.3 Å². The van der Waals surface area contributed by atoms with Gasteiger partial charge in [0.2, 0.25) is 0 Å². The molecule has 0 saturated carbocycles. The number of amides is 1. The zero-order valence-corrected chi connectivity index (χ0v) is 11.4. The summed E-state index contributed by atoms with van der Waals surface area (Å²) >= 11 is 0. The average Bonchev–Trinajstić information content (AvgIpc) is 2.28. The summed E-state index contributed by atoms with van der Waals surface area (Å²) in [5.41, 5.74) is 6.15. The van der Waals surface area contributed by atoms with Gasteiger partial charge in [0, 0.05) is 11.5 Å². The quantitative estimate of drug-likeness (QED) is 0.443. The second kappa shape index (κ2) is 5.64. The number of nitrogens with zero attached hydrogens (tertiary/aromatic N) is 4. The molecule has 1 rings (SSSR count). The van der Waals surface area contributed by atoms with E-state index in [0.29, 0.717) is 0 Å². The van der Waals surface area contributed by atoms with Crippen LogP contribution in [0.25, 0.3) is 10.4 Å². The number of β-amino-alcohol motifs (C(OH)–C–C–N with tert-alkyl or cyclic N) is 1. The first kappa shape index (κ1) is 15.6. The van der Waals surface area contributed by atoms with Crippen molar-refractivity contribution in [2.24, 2.45) is 5.11 Å². The lowest BCUT2D eigenvalue weighted by Gasteiger charge is -2.41. The van der Waals surface area contributed by atoms with Gasteiger partial charge in [0.15, 0.2) is 0 Å². The second-order valence-electron chi connectivity index (χ2n) is 5.68. The molecule has 8 heteroatoms. The molecule has 2 atom stereocenters. The van der Waals surface area contributed by atoms with Crippen LogP contribution >= 0.6 is 0 Å². The van der Waals surface area contributed by atoms with Crippen molar-refractivity contribution in [2.45, 2.75) is 44.5 Å². The fourth-order valence-corrected chi connectivity index (χ4v) is 1.80. The minimum Gasteiger partial charge on any atom is -0.444 e. The molecule has 0 aromatic carbocycles. The van der Waals surface area contributed by atoms with Crippen LogP contribution in [0.4, 0.5) is 4.79 Å². The molecule has 0 aromatic rings. The Labute approximate surface area is 111 Å². The van der Waals surface area contributed by atoms with Gasteiger partial charge in [-0.25, -0.2) is 4.79 Å². The lowest BCUT2D eigenvalue weighted by Crippen LogP contribution is -2.58. The highest BCUT2D eigenvalue weighted by Crippen LogP contribution is 2.24. The van der Waals surface area contributed by atoms with E-state index < -0.39 is 23.4 Å². The van der Waals surface area contributed by atoms with Crippen molar-refractivity contribution in [1.82, 2.24) is 4.90 Å². The zero-order chi connectivity index (χ0) is 14.7. The van der Waals surface area contributed by atoms with Gasteiger partial charge in [-0.1, -0.05) is 5.11 Å². The molecule has 1 saturated heterocycles. The molecule has 0 aliphatic carbocycles. The van der Waals surface area contributed by atoms with Gasteiger partial charge in [-0.05, 0) is 32.7 Å². The van der Waals surface area contributed by atoms with Crippen molar-refractivity contribution < 1.29 is 19.7 Å². The lowest BCUT2D eigenvalue weighted by molar-refractivity contribution is -0.111. The molecule has 0 radical (unpaired) electrons. The molecule has 1 fully saturated rings. The van der Waals surface area contributed by atoms with Gasteiger partial charge in [0.25, 0.3) is 0 Å². The molecule has 19 heavy (non-hydrogen) atoms. The first-order valence-corrected chi connectivity index (χ1v) is 6.07. The molecule has 2 N–H and O–H groups in total. The number of carbonyl (C=O) groups excluding carboxylic acids is 1. The second-order valence-corrected chi connectivity index (χ2v) is 5.68. The highest BCUT2D eigenvalue weighted by atomic mass is 16.6. The normalized spacial score (nSPS) is 27.6. The number of ether oxygens (including phenoxy) is 1. The van der Waals surface area contributed by atoms with E-state index in [2.05, 4.69) is 10.0 Å². The van der Waals surface area contributed by atoms with Crippen LogP contribution in [-0.2, 0) is 4.74 Å². The Morgan fingerprint density at radius 1 is 1.63 bits per heavy atom. The number of carbonyl (C=O) groups is 1. The molecule has 108 valence electrons. The monoisotopic (exact) mass is 272 g/mol. The molecule has 1 heterocycles. The van der Waals surface area contributed by atoms with Crippen LogP contribution in [0.3, 0.4) is 0 Å². The fraction of sp³-hybridized carbons (Fsp3) is 0.909. The Kier molecular flexibility index (Phi) is 4.62. The van der Waals surface area contributed by atoms with Crippen molar-refractivity contribution >= 4 is 6.09 Å². The Balaban J connectivity index is 2.63. The van der Waals surface area contributed by atoms with E-state index in [0.717, 1.165) is 0 Å². The van der Waals surface area contributed by atoms with Crippen LogP contribution in [0.5, 0.6) is 0 Å². The number of azide groups is 1. The minimum atomic E-state index is -1.48. The number of likely N-dealkylation sites (tertiary alicyclic amines) is 1. The molecule has 0 aromatic heterocycles. The highest BCUT2D eigenvalue weighted by Gasteiger charge is 2.42. The molecule has 2 unspecified atom stereocenters. The standard InChI is InChI=1S/C11H20N4O4/c1-10(2,3)19-9(17)15-5-4-11(18,7-13-14-12)8(16)6-15/h8,16,18H,4-7H2,1-3H3. The van der Waals surface area contributed by atoms with Gasteiger partial charge in [-0.15, -0.1) is 0 Å². The average molecular weight is 272 g/mol. The Hall–Kier alpha value is -1.50. The molecule has 1 aliphatic rings. The molecular formula is C11H20N4O4. The minimum absolute atomic E-state index is 0.0492.